The van der Waals surface area contributed by atoms with E-state index in [0.717, 1.165) is 5.56 Å². The minimum Gasteiger partial charge on any atom is -0.465 e. The SMILES string of the molecule is COC(=O)c1ccc(C(=O)C(COC(C)(C)C)NC(=O)OCc2ccccc2)cc1. The van der Waals surface area contributed by atoms with Gasteiger partial charge in [0.2, 0.25) is 0 Å². The zero-order valence-corrected chi connectivity index (χ0v) is 17.6. The van der Waals surface area contributed by atoms with Crippen molar-refractivity contribution in [1.29, 1.82) is 0 Å². The molecular formula is C23H27NO6. The Labute approximate surface area is 176 Å². The third-order valence-corrected chi connectivity index (χ3v) is 4.09. The van der Waals surface area contributed by atoms with Gasteiger partial charge in [0.25, 0.3) is 0 Å². The molecule has 2 aromatic rings. The first kappa shape index (κ1) is 23.1. The zero-order chi connectivity index (χ0) is 22.1. The van der Waals surface area contributed by atoms with Gasteiger partial charge in [-0.2, -0.15) is 0 Å². The number of ketones is 1. The number of esters is 1. The summed E-state index contributed by atoms with van der Waals surface area (Å²) in [5.74, 6) is -0.850. The number of alkyl carbamates (subject to hydrolysis) is 1. The van der Waals surface area contributed by atoms with Crippen LogP contribution in [0, 0.1) is 0 Å². The van der Waals surface area contributed by atoms with Crippen molar-refractivity contribution in [3.05, 3.63) is 71.3 Å². The van der Waals surface area contributed by atoms with Crippen LogP contribution in [0.2, 0.25) is 0 Å². The number of amides is 1. The van der Waals surface area contributed by atoms with Gasteiger partial charge in [0.15, 0.2) is 5.78 Å². The van der Waals surface area contributed by atoms with E-state index in [1.54, 1.807) is 0 Å². The molecule has 0 aliphatic carbocycles. The van der Waals surface area contributed by atoms with Gasteiger partial charge in [0.05, 0.1) is 24.9 Å². The van der Waals surface area contributed by atoms with Crippen molar-refractivity contribution >= 4 is 17.8 Å². The molecule has 0 spiro atoms. The molecule has 1 atom stereocenters. The number of ether oxygens (including phenoxy) is 3. The summed E-state index contributed by atoms with van der Waals surface area (Å²) >= 11 is 0. The van der Waals surface area contributed by atoms with Gasteiger partial charge in [-0.05, 0) is 38.5 Å². The van der Waals surface area contributed by atoms with Crippen molar-refractivity contribution in [2.24, 2.45) is 0 Å². The number of Topliss-reactive ketones (excluding diaryl/α,β-unsaturated/α-hetero) is 1. The van der Waals surface area contributed by atoms with Gasteiger partial charge in [0, 0.05) is 5.56 Å². The largest absolute Gasteiger partial charge is 0.465 e. The Morgan fingerprint density at radius 1 is 0.933 bits per heavy atom. The Balaban J connectivity index is 2.08. The fourth-order valence-electron chi connectivity index (χ4n) is 2.51. The van der Waals surface area contributed by atoms with Crippen molar-refractivity contribution in [1.82, 2.24) is 5.32 Å². The summed E-state index contributed by atoms with van der Waals surface area (Å²) in [6.07, 6.45) is -0.721. The van der Waals surface area contributed by atoms with Gasteiger partial charge in [-0.15, -0.1) is 0 Å². The number of hydrogen-bond donors (Lipinski definition) is 1. The second-order valence-electron chi connectivity index (χ2n) is 7.62. The lowest BCUT2D eigenvalue weighted by Gasteiger charge is -2.24. The van der Waals surface area contributed by atoms with E-state index in [0.29, 0.717) is 11.1 Å². The maximum absolute atomic E-state index is 13.0. The first-order valence-corrected chi connectivity index (χ1v) is 9.53. The third-order valence-electron chi connectivity index (χ3n) is 4.09. The number of carbonyl (C=O) groups is 3. The number of rotatable bonds is 8. The van der Waals surface area contributed by atoms with Crippen molar-refractivity contribution in [2.75, 3.05) is 13.7 Å². The van der Waals surface area contributed by atoms with E-state index >= 15 is 0 Å². The number of nitrogens with one attached hydrogen (secondary N) is 1. The number of benzene rings is 2. The van der Waals surface area contributed by atoms with Gasteiger partial charge in [0.1, 0.15) is 12.6 Å². The highest BCUT2D eigenvalue weighted by Gasteiger charge is 2.26. The molecule has 0 saturated heterocycles. The molecule has 1 N–H and O–H groups in total. The second-order valence-corrected chi connectivity index (χ2v) is 7.62. The van der Waals surface area contributed by atoms with Crippen molar-refractivity contribution in [3.8, 4) is 0 Å². The molecule has 7 heteroatoms. The first-order valence-electron chi connectivity index (χ1n) is 9.53. The number of carbonyl (C=O) groups excluding carboxylic acids is 3. The van der Waals surface area contributed by atoms with E-state index in [-0.39, 0.29) is 19.0 Å². The zero-order valence-electron chi connectivity index (χ0n) is 17.6. The maximum atomic E-state index is 13.0. The van der Waals surface area contributed by atoms with Crippen LogP contribution in [0.15, 0.2) is 54.6 Å². The smallest absolute Gasteiger partial charge is 0.408 e. The van der Waals surface area contributed by atoms with Gasteiger partial charge in [-0.25, -0.2) is 9.59 Å². The fourth-order valence-corrected chi connectivity index (χ4v) is 2.51. The molecule has 0 radical (unpaired) electrons. The molecule has 7 nitrogen and oxygen atoms in total. The molecule has 30 heavy (non-hydrogen) atoms. The van der Waals surface area contributed by atoms with E-state index in [2.05, 4.69) is 10.1 Å². The van der Waals surface area contributed by atoms with E-state index in [1.807, 2.05) is 51.1 Å². The Bertz CT molecular complexity index is 856. The number of methoxy groups -OCH3 is 1. The Hall–Kier alpha value is -3.19. The summed E-state index contributed by atoms with van der Waals surface area (Å²) in [6, 6.07) is 14.3. The standard InChI is InChI=1S/C23H27NO6/c1-23(2,3)30-15-19(24-22(27)29-14-16-8-6-5-7-9-16)20(25)17-10-12-18(13-11-17)21(26)28-4/h5-13,19H,14-15H2,1-4H3,(H,24,27). The minimum atomic E-state index is -0.948. The van der Waals surface area contributed by atoms with Crippen LogP contribution in [-0.2, 0) is 20.8 Å². The third kappa shape index (κ3) is 7.33. The van der Waals surface area contributed by atoms with Crippen molar-refractivity contribution in [3.63, 3.8) is 0 Å². The van der Waals surface area contributed by atoms with Crippen LogP contribution < -0.4 is 5.32 Å². The Morgan fingerprint density at radius 2 is 1.53 bits per heavy atom. The molecule has 160 valence electrons. The predicted molar refractivity (Wildman–Crippen MR) is 111 cm³/mol. The lowest BCUT2D eigenvalue weighted by molar-refractivity contribution is -0.0120. The van der Waals surface area contributed by atoms with Gasteiger partial charge in [-0.1, -0.05) is 42.5 Å². The summed E-state index contributed by atoms with van der Waals surface area (Å²) in [5, 5.41) is 2.58. The number of hydrogen-bond acceptors (Lipinski definition) is 6. The summed E-state index contributed by atoms with van der Waals surface area (Å²) in [7, 11) is 1.28. The summed E-state index contributed by atoms with van der Waals surface area (Å²) in [4.78, 5) is 36.8. The Kier molecular flexibility index (Phi) is 8.12. The summed E-state index contributed by atoms with van der Waals surface area (Å²) in [5.41, 5.74) is 0.989. The maximum Gasteiger partial charge on any atom is 0.408 e. The molecule has 2 aromatic carbocycles. The first-order chi connectivity index (χ1) is 14.2. The highest BCUT2D eigenvalue weighted by molar-refractivity contribution is 6.02. The minimum absolute atomic E-state index is 0.0263. The quantitative estimate of drug-likeness (QED) is 0.523. The highest BCUT2D eigenvalue weighted by atomic mass is 16.5. The van der Waals surface area contributed by atoms with E-state index in [4.69, 9.17) is 9.47 Å². The molecule has 0 saturated carbocycles. The van der Waals surface area contributed by atoms with Crippen LogP contribution in [0.4, 0.5) is 4.79 Å². The normalized spacial score (nSPS) is 12.0. The summed E-state index contributed by atoms with van der Waals surface area (Å²) in [6.45, 7) is 5.62. The van der Waals surface area contributed by atoms with E-state index < -0.39 is 23.7 Å². The molecule has 2 rings (SSSR count). The lowest BCUT2D eigenvalue weighted by Crippen LogP contribution is -2.45. The summed E-state index contributed by atoms with van der Waals surface area (Å²) < 4.78 is 15.6. The molecule has 0 aliphatic heterocycles. The topological polar surface area (TPSA) is 90.9 Å². The molecule has 0 bridgehead atoms. The fraction of sp³-hybridized carbons (Fsp3) is 0.348. The van der Waals surface area contributed by atoms with Crippen molar-refractivity contribution < 1.29 is 28.6 Å². The molecule has 0 fully saturated rings. The van der Waals surface area contributed by atoms with Crippen LogP contribution in [0.1, 0.15) is 47.1 Å². The monoisotopic (exact) mass is 413 g/mol. The Morgan fingerprint density at radius 3 is 2.10 bits per heavy atom. The average molecular weight is 413 g/mol. The van der Waals surface area contributed by atoms with Gasteiger partial charge >= 0.3 is 12.1 Å². The average Bonchev–Trinajstić information content (AvgIpc) is 2.74. The molecule has 0 aliphatic rings. The second kappa shape index (κ2) is 10.5. The van der Waals surface area contributed by atoms with Crippen LogP contribution in [0.3, 0.4) is 0 Å². The van der Waals surface area contributed by atoms with Crippen LogP contribution >= 0.6 is 0 Å². The highest BCUT2D eigenvalue weighted by Crippen LogP contribution is 2.12. The van der Waals surface area contributed by atoms with Gasteiger partial charge in [-0.3, -0.25) is 4.79 Å². The molecule has 0 aromatic heterocycles. The molecule has 0 heterocycles. The van der Waals surface area contributed by atoms with Crippen LogP contribution in [0.5, 0.6) is 0 Å². The van der Waals surface area contributed by atoms with E-state index in [1.165, 1.54) is 31.4 Å². The molecule has 1 unspecified atom stereocenters. The molecule has 1 amide bonds. The van der Waals surface area contributed by atoms with Crippen LogP contribution in [0.25, 0.3) is 0 Å². The molecular weight excluding hydrogens is 386 g/mol. The van der Waals surface area contributed by atoms with Crippen LogP contribution in [-0.4, -0.2) is 43.2 Å². The predicted octanol–water partition coefficient (Wildman–Crippen LogP) is 3.77. The van der Waals surface area contributed by atoms with E-state index in [9.17, 15) is 14.4 Å². The lowest BCUT2D eigenvalue weighted by atomic mass is 10.0. The van der Waals surface area contributed by atoms with Gasteiger partial charge < -0.3 is 19.5 Å². The van der Waals surface area contributed by atoms with Crippen molar-refractivity contribution in [2.45, 2.75) is 39.0 Å².